The highest BCUT2D eigenvalue weighted by Gasteiger charge is 2.45. The fourth-order valence-electron chi connectivity index (χ4n) is 2.10. The minimum atomic E-state index is -0.521. The first-order chi connectivity index (χ1) is 10.3. The summed E-state index contributed by atoms with van der Waals surface area (Å²) in [7, 11) is 0. The minimum Gasteiger partial charge on any atom is -0.426 e. The van der Waals surface area contributed by atoms with Gasteiger partial charge in [-0.25, -0.2) is 0 Å². The highest BCUT2D eigenvalue weighted by atomic mass is 16.5. The second-order valence-corrected chi connectivity index (χ2v) is 8.59. The van der Waals surface area contributed by atoms with E-state index >= 15 is 0 Å². The molecule has 2 heteroatoms. The van der Waals surface area contributed by atoms with Crippen LogP contribution < -0.4 is 0 Å². The van der Waals surface area contributed by atoms with Crippen LogP contribution in [-0.2, 0) is 9.53 Å². The van der Waals surface area contributed by atoms with Crippen LogP contribution >= 0.6 is 0 Å². The molecule has 0 saturated carbocycles. The van der Waals surface area contributed by atoms with E-state index in [-0.39, 0.29) is 16.8 Å². The number of esters is 1. The molecule has 2 nitrogen and oxygen atoms in total. The zero-order valence-electron chi connectivity index (χ0n) is 16.7. The molecule has 0 heterocycles. The van der Waals surface area contributed by atoms with Gasteiger partial charge in [0.25, 0.3) is 0 Å². The maximum absolute atomic E-state index is 12.8. The molecule has 0 amide bonds. The van der Waals surface area contributed by atoms with Gasteiger partial charge in [-0.15, -0.1) is 0 Å². The number of hydrogen-bond acceptors (Lipinski definition) is 2. The van der Waals surface area contributed by atoms with E-state index in [1.165, 1.54) is 5.57 Å². The number of rotatable bonds is 6. The molecule has 132 valence electrons. The molecule has 0 bridgehead atoms. The standard InChI is InChI=1S/C21H36O2/c1-11-15-21(10,20(7,8)9)18(22)23-17(12-2)14-13-16(3)19(4,5)6/h12-14H,2,11,15H2,1,3-10H3/b16-13+,17-14+. The van der Waals surface area contributed by atoms with E-state index in [1.807, 2.05) is 19.1 Å². The normalized spacial score (nSPS) is 16.7. The van der Waals surface area contributed by atoms with E-state index in [0.29, 0.717) is 5.76 Å². The zero-order chi connectivity index (χ0) is 18.5. The smallest absolute Gasteiger partial charge is 0.317 e. The molecule has 0 N–H and O–H groups in total. The van der Waals surface area contributed by atoms with Crippen molar-refractivity contribution in [2.75, 3.05) is 0 Å². The molecule has 0 aromatic heterocycles. The average Bonchev–Trinajstić information content (AvgIpc) is 2.40. The third-order valence-electron chi connectivity index (χ3n) is 4.95. The highest BCUT2D eigenvalue weighted by Crippen LogP contribution is 2.43. The summed E-state index contributed by atoms with van der Waals surface area (Å²) in [5, 5.41) is 0. The van der Waals surface area contributed by atoms with Gasteiger partial charge in [0.2, 0.25) is 0 Å². The summed E-state index contributed by atoms with van der Waals surface area (Å²) in [6.45, 7) is 22.7. The van der Waals surface area contributed by atoms with E-state index < -0.39 is 5.41 Å². The van der Waals surface area contributed by atoms with Crippen molar-refractivity contribution in [3.8, 4) is 0 Å². The van der Waals surface area contributed by atoms with E-state index in [1.54, 1.807) is 6.08 Å². The summed E-state index contributed by atoms with van der Waals surface area (Å²) in [6.07, 6.45) is 7.17. The Hall–Kier alpha value is -1.31. The van der Waals surface area contributed by atoms with Crippen LogP contribution in [0, 0.1) is 16.2 Å². The molecule has 0 fully saturated rings. The Morgan fingerprint density at radius 2 is 1.57 bits per heavy atom. The van der Waals surface area contributed by atoms with Gasteiger partial charge >= 0.3 is 5.97 Å². The largest absolute Gasteiger partial charge is 0.426 e. The summed E-state index contributed by atoms with van der Waals surface area (Å²) in [4.78, 5) is 12.8. The maximum atomic E-state index is 12.8. The number of carbonyl (C=O) groups is 1. The quantitative estimate of drug-likeness (QED) is 0.319. The molecule has 1 atom stereocenters. The molecule has 0 radical (unpaired) electrons. The monoisotopic (exact) mass is 320 g/mol. The lowest BCUT2D eigenvalue weighted by atomic mass is 9.65. The van der Waals surface area contributed by atoms with Crippen molar-refractivity contribution in [3.05, 3.63) is 36.1 Å². The molecular formula is C21H36O2. The van der Waals surface area contributed by atoms with Crippen molar-refractivity contribution < 1.29 is 9.53 Å². The number of allylic oxidation sites excluding steroid dienone is 4. The van der Waals surface area contributed by atoms with E-state index in [0.717, 1.165) is 12.8 Å². The number of carbonyl (C=O) groups excluding carboxylic acids is 1. The first-order valence-corrected chi connectivity index (χ1v) is 8.53. The van der Waals surface area contributed by atoms with Crippen LogP contribution in [0.2, 0.25) is 0 Å². The second kappa shape index (κ2) is 7.99. The summed E-state index contributed by atoms with van der Waals surface area (Å²) in [6, 6.07) is 0. The van der Waals surface area contributed by atoms with Crippen molar-refractivity contribution in [1.82, 2.24) is 0 Å². The molecule has 0 aliphatic carbocycles. The third-order valence-corrected chi connectivity index (χ3v) is 4.95. The average molecular weight is 321 g/mol. The Labute approximate surface area is 143 Å². The van der Waals surface area contributed by atoms with Gasteiger partial charge in [0.15, 0.2) is 0 Å². The molecule has 0 aromatic carbocycles. The summed E-state index contributed by atoms with van der Waals surface area (Å²) in [5.74, 6) is 0.324. The van der Waals surface area contributed by atoms with Crippen LogP contribution in [0.15, 0.2) is 36.1 Å². The summed E-state index contributed by atoms with van der Waals surface area (Å²) < 4.78 is 5.67. The van der Waals surface area contributed by atoms with Crippen molar-refractivity contribution in [3.63, 3.8) is 0 Å². The van der Waals surface area contributed by atoms with Crippen LogP contribution in [0.3, 0.4) is 0 Å². The zero-order valence-corrected chi connectivity index (χ0v) is 16.7. The number of ether oxygens (including phenoxy) is 1. The van der Waals surface area contributed by atoms with Gasteiger partial charge < -0.3 is 4.74 Å². The predicted octanol–water partition coefficient (Wildman–Crippen LogP) is 6.44. The van der Waals surface area contributed by atoms with E-state index in [9.17, 15) is 4.79 Å². The van der Waals surface area contributed by atoms with Crippen LogP contribution in [0.1, 0.15) is 75.2 Å². The van der Waals surface area contributed by atoms with Gasteiger partial charge in [-0.3, -0.25) is 4.79 Å². The Morgan fingerprint density at radius 3 is 1.91 bits per heavy atom. The van der Waals surface area contributed by atoms with Gasteiger partial charge in [0, 0.05) is 0 Å². The van der Waals surface area contributed by atoms with Gasteiger partial charge in [-0.1, -0.05) is 73.1 Å². The van der Waals surface area contributed by atoms with Crippen molar-refractivity contribution >= 4 is 5.97 Å². The molecule has 0 aliphatic heterocycles. The first kappa shape index (κ1) is 21.7. The molecule has 0 saturated heterocycles. The van der Waals surface area contributed by atoms with Crippen LogP contribution in [0.25, 0.3) is 0 Å². The lowest BCUT2D eigenvalue weighted by molar-refractivity contribution is -0.157. The molecule has 0 rings (SSSR count). The topological polar surface area (TPSA) is 26.3 Å². The lowest BCUT2D eigenvalue weighted by Crippen LogP contribution is -2.41. The second-order valence-electron chi connectivity index (χ2n) is 8.59. The van der Waals surface area contributed by atoms with Gasteiger partial charge in [-0.05, 0) is 43.3 Å². The lowest BCUT2D eigenvalue weighted by Gasteiger charge is -2.39. The Balaban J connectivity index is 5.42. The van der Waals surface area contributed by atoms with Crippen molar-refractivity contribution in [2.24, 2.45) is 16.2 Å². The maximum Gasteiger partial charge on any atom is 0.317 e. The molecule has 0 aliphatic rings. The predicted molar refractivity (Wildman–Crippen MR) is 100 cm³/mol. The highest BCUT2D eigenvalue weighted by molar-refractivity contribution is 5.78. The SMILES string of the molecule is C=C/C(=C\C=C(/C)C(C)(C)C)OC(=O)C(C)(CCC)C(C)(C)C. The number of hydrogen-bond donors (Lipinski definition) is 0. The fourth-order valence-corrected chi connectivity index (χ4v) is 2.10. The Morgan fingerprint density at radius 1 is 1.04 bits per heavy atom. The Bertz CT molecular complexity index is 481. The van der Waals surface area contributed by atoms with Gasteiger partial charge in [-0.2, -0.15) is 0 Å². The first-order valence-electron chi connectivity index (χ1n) is 8.53. The molecular weight excluding hydrogens is 284 g/mol. The van der Waals surface area contributed by atoms with Gasteiger partial charge in [0.05, 0.1) is 5.41 Å². The molecule has 0 aromatic rings. The summed E-state index contributed by atoms with van der Waals surface area (Å²) >= 11 is 0. The van der Waals surface area contributed by atoms with Crippen LogP contribution in [-0.4, -0.2) is 5.97 Å². The van der Waals surface area contributed by atoms with Gasteiger partial charge in [0.1, 0.15) is 5.76 Å². The third kappa shape index (κ3) is 6.01. The van der Waals surface area contributed by atoms with Crippen molar-refractivity contribution in [1.29, 1.82) is 0 Å². The van der Waals surface area contributed by atoms with Crippen LogP contribution in [0.5, 0.6) is 0 Å². The molecule has 0 spiro atoms. The molecule has 1 unspecified atom stereocenters. The summed E-state index contributed by atoms with van der Waals surface area (Å²) in [5.41, 5.74) is 0.630. The Kier molecular flexibility index (Phi) is 7.53. The van der Waals surface area contributed by atoms with Crippen LogP contribution in [0.4, 0.5) is 0 Å². The van der Waals surface area contributed by atoms with E-state index in [4.69, 9.17) is 4.74 Å². The minimum absolute atomic E-state index is 0.0922. The molecule has 23 heavy (non-hydrogen) atoms. The fraction of sp³-hybridized carbons (Fsp3) is 0.667. The van der Waals surface area contributed by atoms with E-state index in [2.05, 4.69) is 62.0 Å². The van der Waals surface area contributed by atoms with Crippen molar-refractivity contribution in [2.45, 2.75) is 75.2 Å².